The van der Waals surface area contributed by atoms with Crippen molar-refractivity contribution in [1.82, 2.24) is 0 Å². The van der Waals surface area contributed by atoms with Crippen molar-refractivity contribution in [2.45, 2.75) is 6.92 Å². The Hall–Kier alpha value is -1.51. The molecule has 0 unspecified atom stereocenters. The van der Waals surface area contributed by atoms with Gasteiger partial charge in [0.05, 0.1) is 17.7 Å². The van der Waals surface area contributed by atoms with E-state index in [1.807, 2.05) is 25.1 Å². The van der Waals surface area contributed by atoms with Gasteiger partial charge < -0.3 is 11.1 Å². The summed E-state index contributed by atoms with van der Waals surface area (Å²) in [5, 5.41) is 3.01. The monoisotopic (exact) mass is 163 g/mol. The molecule has 0 amide bonds. The van der Waals surface area contributed by atoms with Crippen LogP contribution < -0.4 is 11.1 Å². The summed E-state index contributed by atoms with van der Waals surface area (Å²) in [5.74, 6) is 0. The van der Waals surface area contributed by atoms with Crippen LogP contribution in [0.5, 0.6) is 0 Å². The van der Waals surface area contributed by atoms with Crippen molar-refractivity contribution < 1.29 is 0 Å². The number of nitrogens with zero attached hydrogens (tertiary/aromatic N) is 1. The van der Waals surface area contributed by atoms with E-state index in [-0.39, 0.29) is 0 Å². The number of nitrogens with two attached hydrogens (primary N) is 1. The fourth-order valence-corrected chi connectivity index (χ4v) is 1.02. The van der Waals surface area contributed by atoms with Gasteiger partial charge in [-0.2, -0.15) is 0 Å². The lowest BCUT2D eigenvalue weighted by Crippen LogP contribution is -2.01. The SMILES string of the molecule is CN=CNc1c(C)cccc1N. The van der Waals surface area contributed by atoms with E-state index in [9.17, 15) is 0 Å². The van der Waals surface area contributed by atoms with Gasteiger partial charge in [-0.05, 0) is 18.6 Å². The van der Waals surface area contributed by atoms with Crippen LogP contribution in [0.3, 0.4) is 0 Å². The highest BCUT2D eigenvalue weighted by Gasteiger charge is 1.98. The highest BCUT2D eigenvalue weighted by Crippen LogP contribution is 2.21. The van der Waals surface area contributed by atoms with Gasteiger partial charge >= 0.3 is 0 Å². The predicted molar refractivity (Wildman–Crippen MR) is 53.6 cm³/mol. The Bertz CT molecular complexity index is 272. The summed E-state index contributed by atoms with van der Waals surface area (Å²) in [4.78, 5) is 3.82. The summed E-state index contributed by atoms with van der Waals surface area (Å²) >= 11 is 0. The van der Waals surface area contributed by atoms with E-state index in [4.69, 9.17) is 5.73 Å². The number of hydrogen-bond donors (Lipinski definition) is 2. The number of anilines is 2. The number of benzene rings is 1. The second-order valence-corrected chi connectivity index (χ2v) is 2.57. The van der Waals surface area contributed by atoms with E-state index in [1.165, 1.54) is 0 Å². The molecular weight excluding hydrogens is 150 g/mol. The molecule has 0 heterocycles. The third-order valence-corrected chi connectivity index (χ3v) is 1.64. The third kappa shape index (κ3) is 1.75. The van der Waals surface area contributed by atoms with Gasteiger partial charge in [0.15, 0.2) is 0 Å². The molecule has 1 aromatic carbocycles. The van der Waals surface area contributed by atoms with Crippen molar-refractivity contribution in [2.75, 3.05) is 18.1 Å². The Morgan fingerprint density at radius 1 is 1.50 bits per heavy atom. The van der Waals surface area contributed by atoms with Crippen LogP contribution in [0.15, 0.2) is 23.2 Å². The maximum Gasteiger partial charge on any atom is 0.0865 e. The quantitative estimate of drug-likeness (QED) is 0.395. The average Bonchev–Trinajstić information content (AvgIpc) is 2.04. The van der Waals surface area contributed by atoms with Crippen LogP contribution in [-0.4, -0.2) is 13.4 Å². The minimum absolute atomic E-state index is 0.745. The van der Waals surface area contributed by atoms with Gasteiger partial charge in [-0.1, -0.05) is 12.1 Å². The molecule has 0 atom stereocenters. The first kappa shape index (κ1) is 8.59. The molecule has 64 valence electrons. The first-order chi connectivity index (χ1) is 5.75. The average molecular weight is 163 g/mol. The topological polar surface area (TPSA) is 50.4 Å². The van der Waals surface area contributed by atoms with E-state index in [0.717, 1.165) is 16.9 Å². The lowest BCUT2D eigenvalue weighted by atomic mass is 10.2. The number of rotatable bonds is 2. The number of hydrogen-bond acceptors (Lipinski definition) is 2. The fraction of sp³-hybridized carbons (Fsp3) is 0.222. The summed E-state index contributed by atoms with van der Waals surface area (Å²) in [6, 6.07) is 5.79. The molecule has 3 heteroatoms. The van der Waals surface area contributed by atoms with Crippen molar-refractivity contribution in [3.05, 3.63) is 23.8 Å². The van der Waals surface area contributed by atoms with E-state index >= 15 is 0 Å². The van der Waals surface area contributed by atoms with Gasteiger partial charge in [0, 0.05) is 7.05 Å². The molecule has 1 aromatic rings. The summed E-state index contributed by atoms with van der Waals surface area (Å²) in [6.45, 7) is 2.00. The second kappa shape index (κ2) is 3.76. The molecule has 0 radical (unpaired) electrons. The maximum atomic E-state index is 5.74. The van der Waals surface area contributed by atoms with E-state index in [1.54, 1.807) is 13.4 Å². The first-order valence-corrected chi connectivity index (χ1v) is 3.78. The molecule has 0 saturated carbocycles. The van der Waals surface area contributed by atoms with Gasteiger partial charge in [0.1, 0.15) is 0 Å². The zero-order valence-electron chi connectivity index (χ0n) is 7.33. The molecule has 0 spiro atoms. The van der Waals surface area contributed by atoms with Gasteiger partial charge in [-0.25, -0.2) is 0 Å². The fourth-order valence-electron chi connectivity index (χ4n) is 1.02. The van der Waals surface area contributed by atoms with Crippen LogP contribution in [0.25, 0.3) is 0 Å². The largest absolute Gasteiger partial charge is 0.397 e. The van der Waals surface area contributed by atoms with Crippen LogP contribution in [0.1, 0.15) is 5.56 Å². The molecule has 0 fully saturated rings. The molecule has 3 N–H and O–H groups in total. The minimum atomic E-state index is 0.745. The zero-order valence-corrected chi connectivity index (χ0v) is 7.33. The predicted octanol–water partition coefficient (Wildman–Crippen LogP) is 1.65. The van der Waals surface area contributed by atoms with E-state index < -0.39 is 0 Å². The standard InChI is InChI=1S/C9H13N3/c1-7-4-3-5-8(10)9(7)12-6-11-2/h3-6H,10H2,1-2H3,(H,11,12). The highest BCUT2D eigenvalue weighted by atomic mass is 14.9. The lowest BCUT2D eigenvalue weighted by molar-refractivity contribution is 1.43. The van der Waals surface area contributed by atoms with Crippen molar-refractivity contribution >= 4 is 17.7 Å². The first-order valence-electron chi connectivity index (χ1n) is 3.78. The third-order valence-electron chi connectivity index (χ3n) is 1.64. The van der Waals surface area contributed by atoms with Gasteiger partial charge in [-0.3, -0.25) is 4.99 Å². The number of para-hydroxylation sites is 1. The van der Waals surface area contributed by atoms with Crippen LogP contribution in [-0.2, 0) is 0 Å². The summed E-state index contributed by atoms with van der Waals surface area (Å²) in [6.07, 6.45) is 1.62. The molecule has 0 aliphatic carbocycles. The smallest absolute Gasteiger partial charge is 0.0865 e. The number of nitrogen functional groups attached to an aromatic ring is 1. The van der Waals surface area contributed by atoms with Crippen molar-refractivity contribution in [3.63, 3.8) is 0 Å². The highest BCUT2D eigenvalue weighted by molar-refractivity contribution is 5.84. The molecule has 1 rings (SSSR count). The number of aliphatic imine (C=N–C) groups is 1. The van der Waals surface area contributed by atoms with Gasteiger partial charge in [0.25, 0.3) is 0 Å². The van der Waals surface area contributed by atoms with Crippen LogP contribution in [0.2, 0.25) is 0 Å². The Labute approximate surface area is 72.3 Å². The maximum absolute atomic E-state index is 5.74. The lowest BCUT2D eigenvalue weighted by Gasteiger charge is -2.07. The molecule has 12 heavy (non-hydrogen) atoms. The Balaban J connectivity index is 2.96. The molecular formula is C9H13N3. The van der Waals surface area contributed by atoms with Gasteiger partial charge in [-0.15, -0.1) is 0 Å². The van der Waals surface area contributed by atoms with Crippen LogP contribution in [0.4, 0.5) is 11.4 Å². The normalized spacial score (nSPS) is 10.5. The van der Waals surface area contributed by atoms with Crippen LogP contribution in [0, 0.1) is 6.92 Å². The van der Waals surface area contributed by atoms with E-state index in [0.29, 0.717) is 0 Å². The molecule has 0 saturated heterocycles. The van der Waals surface area contributed by atoms with Crippen molar-refractivity contribution in [3.8, 4) is 0 Å². The summed E-state index contributed by atoms with van der Waals surface area (Å²) < 4.78 is 0. The zero-order chi connectivity index (χ0) is 8.97. The Morgan fingerprint density at radius 3 is 2.83 bits per heavy atom. The minimum Gasteiger partial charge on any atom is -0.397 e. The van der Waals surface area contributed by atoms with E-state index in [2.05, 4.69) is 10.3 Å². The molecule has 3 nitrogen and oxygen atoms in total. The van der Waals surface area contributed by atoms with Crippen molar-refractivity contribution in [2.24, 2.45) is 4.99 Å². The summed E-state index contributed by atoms with van der Waals surface area (Å²) in [7, 11) is 1.71. The Kier molecular flexibility index (Phi) is 2.69. The van der Waals surface area contributed by atoms with Crippen molar-refractivity contribution in [1.29, 1.82) is 0 Å². The molecule has 0 aliphatic heterocycles. The molecule has 0 aromatic heterocycles. The van der Waals surface area contributed by atoms with Gasteiger partial charge in [0.2, 0.25) is 0 Å². The molecule has 0 bridgehead atoms. The Morgan fingerprint density at radius 2 is 2.25 bits per heavy atom. The second-order valence-electron chi connectivity index (χ2n) is 2.57. The summed E-state index contributed by atoms with van der Waals surface area (Å²) in [5.41, 5.74) is 8.54. The van der Waals surface area contributed by atoms with Crippen LogP contribution >= 0.6 is 0 Å². The molecule has 0 aliphatic rings. The number of aryl methyl sites for hydroxylation is 1. The number of nitrogens with one attached hydrogen (secondary N) is 1.